The van der Waals surface area contributed by atoms with Gasteiger partial charge >= 0.3 is 0 Å². The summed E-state index contributed by atoms with van der Waals surface area (Å²) in [5.41, 5.74) is 1.85. The van der Waals surface area contributed by atoms with Crippen LogP contribution in [0.5, 0.6) is 0 Å². The molecule has 0 saturated carbocycles. The number of aliphatic hydroxyl groups is 1. The van der Waals surface area contributed by atoms with E-state index in [-0.39, 0.29) is 12.0 Å². The Labute approximate surface area is 126 Å². The normalized spacial score (nSPS) is 19.8. The Morgan fingerprint density at radius 1 is 1.23 bits per heavy atom. The highest BCUT2D eigenvalue weighted by Crippen LogP contribution is 2.31. The molecular weight excluding hydrogens is 288 g/mol. The SMILES string of the molecule is O=C(Cc1cc(F)ccc1F)NC1c2ccccc2CC1O. The lowest BCUT2D eigenvalue weighted by Gasteiger charge is -2.18. The molecule has 2 atom stereocenters. The first kappa shape index (κ1) is 14.7. The fourth-order valence-electron chi connectivity index (χ4n) is 2.82. The van der Waals surface area contributed by atoms with E-state index in [2.05, 4.69) is 5.32 Å². The molecular formula is C17H15F2NO2. The zero-order valence-electron chi connectivity index (χ0n) is 11.7. The predicted octanol–water partition coefficient (Wildman–Crippen LogP) is 2.28. The van der Waals surface area contributed by atoms with Crippen LogP contribution in [0.1, 0.15) is 22.7 Å². The van der Waals surface area contributed by atoms with E-state index in [9.17, 15) is 18.7 Å². The van der Waals surface area contributed by atoms with E-state index in [0.717, 1.165) is 29.3 Å². The molecule has 0 saturated heterocycles. The summed E-state index contributed by atoms with van der Waals surface area (Å²) in [6.07, 6.45) is -0.511. The van der Waals surface area contributed by atoms with Crippen molar-refractivity contribution in [2.24, 2.45) is 0 Å². The molecule has 0 fully saturated rings. The minimum absolute atomic E-state index is 0.00160. The summed E-state index contributed by atoms with van der Waals surface area (Å²) in [6.45, 7) is 0. The van der Waals surface area contributed by atoms with E-state index in [4.69, 9.17) is 0 Å². The Morgan fingerprint density at radius 3 is 2.82 bits per heavy atom. The van der Waals surface area contributed by atoms with Crippen LogP contribution in [0.4, 0.5) is 8.78 Å². The summed E-state index contributed by atoms with van der Waals surface area (Å²) in [7, 11) is 0. The van der Waals surface area contributed by atoms with Crippen molar-refractivity contribution in [3.8, 4) is 0 Å². The van der Waals surface area contributed by atoms with Crippen LogP contribution in [0, 0.1) is 11.6 Å². The zero-order valence-corrected chi connectivity index (χ0v) is 11.7. The first-order valence-corrected chi connectivity index (χ1v) is 7.04. The Balaban J connectivity index is 1.73. The van der Waals surface area contributed by atoms with Crippen LogP contribution in [0.2, 0.25) is 0 Å². The highest BCUT2D eigenvalue weighted by Gasteiger charge is 2.31. The predicted molar refractivity (Wildman–Crippen MR) is 77.1 cm³/mol. The average molecular weight is 303 g/mol. The highest BCUT2D eigenvalue weighted by atomic mass is 19.1. The van der Waals surface area contributed by atoms with Gasteiger partial charge in [0.25, 0.3) is 0 Å². The molecule has 3 nitrogen and oxygen atoms in total. The van der Waals surface area contributed by atoms with Gasteiger partial charge in [-0.05, 0) is 29.3 Å². The number of carbonyl (C=O) groups is 1. The quantitative estimate of drug-likeness (QED) is 0.914. The number of nitrogens with one attached hydrogen (secondary N) is 1. The van der Waals surface area contributed by atoms with Gasteiger partial charge in [0.05, 0.1) is 18.6 Å². The van der Waals surface area contributed by atoms with Crippen molar-refractivity contribution in [3.63, 3.8) is 0 Å². The largest absolute Gasteiger partial charge is 0.390 e. The summed E-state index contributed by atoms with van der Waals surface area (Å²) in [6, 6.07) is 9.95. The molecule has 5 heteroatoms. The molecule has 1 aliphatic carbocycles. The van der Waals surface area contributed by atoms with Gasteiger partial charge in [-0.3, -0.25) is 4.79 Å². The molecule has 2 unspecified atom stereocenters. The number of benzene rings is 2. The number of carbonyl (C=O) groups excluding carboxylic acids is 1. The van der Waals surface area contributed by atoms with Crippen molar-refractivity contribution in [1.29, 1.82) is 0 Å². The van der Waals surface area contributed by atoms with E-state index >= 15 is 0 Å². The Morgan fingerprint density at radius 2 is 2.00 bits per heavy atom. The van der Waals surface area contributed by atoms with E-state index < -0.39 is 29.7 Å². The molecule has 0 spiro atoms. The molecule has 0 bridgehead atoms. The third kappa shape index (κ3) is 2.85. The third-order valence-corrected chi connectivity index (χ3v) is 3.88. The molecule has 0 aliphatic heterocycles. The van der Waals surface area contributed by atoms with Gasteiger partial charge in [0, 0.05) is 12.0 Å². The topological polar surface area (TPSA) is 49.3 Å². The van der Waals surface area contributed by atoms with Crippen LogP contribution in [-0.2, 0) is 17.6 Å². The minimum Gasteiger partial charge on any atom is -0.390 e. The number of fused-ring (bicyclic) bond motifs is 1. The van der Waals surface area contributed by atoms with E-state index in [1.807, 2.05) is 24.3 Å². The second-order valence-corrected chi connectivity index (χ2v) is 5.43. The number of hydrogen-bond acceptors (Lipinski definition) is 2. The van der Waals surface area contributed by atoms with Crippen LogP contribution in [0.25, 0.3) is 0 Å². The monoisotopic (exact) mass is 303 g/mol. The summed E-state index contributed by atoms with van der Waals surface area (Å²) in [5, 5.41) is 12.8. The number of aliphatic hydroxyl groups excluding tert-OH is 1. The summed E-state index contributed by atoms with van der Waals surface area (Å²) >= 11 is 0. The molecule has 2 aromatic rings. The fraction of sp³-hybridized carbons (Fsp3) is 0.235. The van der Waals surface area contributed by atoms with E-state index in [1.54, 1.807) is 0 Å². The maximum atomic E-state index is 13.6. The van der Waals surface area contributed by atoms with Gasteiger partial charge in [-0.1, -0.05) is 24.3 Å². The average Bonchev–Trinajstić information content (AvgIpc) is 2.79. The van der Waals surface area contributed by atoms with Crippen molar-refractivity contribution < 1.29 is 18.7 Å². The van der Waals surface area contributed by atoms with Crippen molar-refractivity contribution in [1.82, 2.24) is 5.32 Å². The molecule has 0 heterocycles. The van der Waals surface area contributed by atoms with Gasteiger partial charge < -0.3 is 10.4 Å². The Hall–Kier alpha value is -2.27. The molecule has 2 aromatic carbocycles. The molecule has 2 N–H and O–H groups in total. The third-order valence-electron chi connectivity index (χ3n) is 3.88. The molecule has 0 aromatic heterocycles. The van der Waals surface area contributed by atoms with Crippen LogP contribution >= 0.6 is 0 Å². The van der Waals surface area contributed by atoms with Crippen LogP contribution in [0.15, 0.2) is 42.5 Å². The maximum absolute atomic E-state index is 13.6. The molecule has 114 valence electrons. The first-order chi connectivity index (χ1) is 10.5. The number of rotatable bonds is 3. The van der Waals surface area contributed by atoms with Crippen molar-refractivity contribution >= 4 is 5.91 Å². The van der Waals surface area contributed by atoms with Crippen molar-refractivity contribution in [2.45, 2.75) is 25.0 Å². The van der Waals surface area contributed by atoms with Crippen LogP contribution in [-0.4, -0.2) is 17.1 Å². The number of amides is 1. The molecule has 0 radical (unpaired) electrons. The summed E-state index contributed by atoms with van der Waals surface area (Å²) in [5.74, 6) is -1.66. The van der Waals surface area contributed by atoms with Gasteiger partial charge in [0.2, 0.25) is 5.91 Å². The lowest BCUT2D eigenvalue weighted by atomic mass is 10.1. The minimum atomic E-state index is -0.710. The van der Waals surface area contributed by atoms with Gasteiger partial charge in [0.15, 0.2) is 0 Å². The summed E-state index contributed by atoms with van der Waals surface area (Å²) in [4.78, 5) is 12.1. The lowest BCUT2D eigenvalue weighted by molar-refractivity contribution is -0.122. The highest BCUT2D eigenvalue weighted by molar-refractivity contribution is 5.79. The second kappa shape index (κ2) is 5.85. The maximum Gasteiger partial charge on any atom is 0.225 e. The molecule has 22 heavy (non-hydrogen) atoms. The van der Waals surface area contributed by atoms with Crippen molar-refractivity contribution in [3.05, 3.63) is 70.8 Å². The standard InChI is InChI=1S/C17H15F2NO2/c18-12-5-6-14(19)11(7-12)9-16(22)20-17-13-4-2-1-3-10(13)8-15(17)21/h1-7,15,17,21H,8-9H2,(H,20,22). The number of hydrogen-bond donors (Lipinski definition) is 2. The first-order valence-electron chi connectivity index (χ1n) is 7.04. The van der Waals surface area contributed by atoms with Gasteiger partial charge in [0.1, 0.15) is 11.6 Å². The van der Waals surface area contributed by atoms with Crippen LogP contribution in [0.3, 0.4) is 0 Å². The van der Waals surface area contributed by atoms with E-state index in [0.29, 0.717) is 6.42 Å². The van der Waals surface area contributed by atoms with Gasteiger partial charge in [-0.15, -0.1) is 0 Å². The molecule has 1 aliphatic rings. The molecule has 1 amide bonds. The Kier molecular flexibility index (Phi) is 3.90. The number of halogens is 2. The van der Waals surface area contributed by atoms with Crippen molar-refractivity contribution in [2.75, 3.05) is 0 Å². The summed E-state index contributed by atoms with van der Waals surface area (Å²) < 4.78 is 26.7. The van der Waals surface area contributed by atoms with Gasteiger partial charge in [-0.2, -0.15) is 0 Å². The zero-order chi connectivity index (χ0) is 15.7. The smallest absolute Gasteiger partial charge is 0.225 e. The lowest BCUT2D eigenvalue weighted by Crippen LogP contribution is -2.35. The molecule has 3 rings (SSSR count). The van der Waals surface area contributed by atoms with Crippen LogP contribution < -0.4 is 5.32 Å². The van der Waals surface area contributed by atoms with E-state index in [1.165, 1.54) is 0 Å². The fourth-order valence-corrected chi connectivity index (χ4v) is 2.82. The van der Waals surface area contributed by atoms with Gasteiger partial charge in [-0.25, -0.2) is 8.78 Å². The second-order valence-electron chi connectivity index (χ2n) is 5.43. The Bertz CT molecular complexity index is 718.